The average Bonchev–Trinajstić information content (AvgIpc) is 2.94. The number of hydrogen-bond donors (Lipinski definition) is 2. The Hall–Kier alpha value is -1.76. The zero-order valence-corrected chi connectivity index (χ0v) is 13.3. The Morgan fingerprint density at radius 3 is 1.79 bits per heavy atom. The minimum absolute atomic E-state index is 0.234. The van der Waals surface area contributed by atoms with Gasteiger partial charge in [-0.1, -0.05) is 60.7 Å². The standard InChI is InChI=1S/C19H22O5/c20-11-16-17(22-12-14-7-3-1-4-8-14)18(19(21)24-16)23-13-15-9-5-2-6-10-15/h1-10,16-21H,11-13H2/t16-,17+,18-,19?/m1/s1. The molecule has 0 aliphatic carbocycles. The van der Waals surface area contributed by atoms with Crippen LogP contribution in [0.2, 0.25) is 0 Å². The highest BCUT2D eigenvalue weighted by molar-refractivity contribution is 5.14. The van der Waals surface area contributed by atoms with Gasteiger partial charge in [-0.3, -0.25) is 0 Å². The van der Waals surface area contributed by atoms with E-state index in [2.05, 4.69) is 0 Å². The third kappa shape index (κ3) is 4.20. The van der Waals surface area contributed by atoms with Crippen molar-refractivity contribution in [3.8, 4) is 0 Å². The molecule has 1 unspecified atom stereocenters. The lowest BCUT2D eigenvalue weighted by atomic mass is 10.1. The van der Waals surface area contributed by atoms with E-state index >= 15 is 0 Å². The van der Waals surface area contributed by atoms with Crippen molar-refractivity contribution in [3.05, 3.63) is 71.8 Å². The summed E-state index contributed by atoms with van der Waals surface area (Å²) in [4.78, 5) is 0. The Kier molecular flexibility index (Phi) is 5.96. The van der Waals surface area contributed by atoms with Crippen LogP contribution in [0.5, 0.6) is 0 Å². The minimum atomic E-state index is -1.12. The largest absolute Gasteiger partial charge is 0.394 e. The highest BCUT2D eigenvalue weighted by atomic mass is 16.7. The number of ether oxygens (including phenoxy) is 3. The summed E-state index contributed by atoms with van der Waals surface area (Å²) in [6, 6.07) is 19.4. The lowest BCUT2D eigenvalue weighted by molar-refractivity contribution is -0.151. The highest BCUT2D eigenvalue weighted by Crippen LogP contribution is 2.27. The molecule has 5 nitrogen and oxygen atoms in total. The van der Waals surface area contributed by atoms with Crippen molar-refractivity contribution in [1.29, 1.82) is 0 Å². The topological polar surface area (TPSA) is 68.2 Å². The molecule has 3 rings (SSSR count). The van der Waals surface area contributed by atoms with E-state index in [4.69, 9.17) is 14.2 Å². The lowest BCUT2D eigenvalue weighted by Gasteiger charge is -2.23. The molecule has 1 saturated heterocycles. The quantitative estimate of drug-likeness (QED) is 0.811. The van der Waals surface area contributed by atoms with E-state index in [9.17, 15) is 10.2 Å². The van der Waals surface area contributed by atoms with Gasteiger partial charge in [-0.05, 0) is 11.1 Å². The average molecular weight is 330 g/mol. The van der Waals surface area contributed by atoms with Crippen LogP contribution in [-0.4, -0.2) is 41.4 Å². The maximum absolute atomic E-state index is 10.1. The van der Waals surface area contributed by atoms with Crippen LogP contribution in [0.15, 0.2) is 60.7 Å². The van der Waals surface area contributed by atoms with Gasteiger partial charge in [0.1, 0.15) is 18.3 Å². The molecular weight excluding hydrogens is 308 g/mol. The van der Waals surface area contributed by atoms with Gasteiger partial charge in [-0.2, -0.15) is 0 Å². The molecular formula is C19H22O5. The van der Waals surface area contributed by atoms with Gasteiger partial charge in [-0.15, -0.1) is 0 Å². The molecule has 0 spiro atoms. The lowest BCUT2D eigenvalue weighted by Crippen LogP contribution is -2.38. The summed E-state index contributed by atoms with van der Waals surface area (Å²) < 4.78 is 17.1. The Balaban J connectivity index is 1.63. The van der Waals surface area contributed by atoms with Gasteiger partial charge in [0.05, 0.1) is 19.8 Å². The first-order valence-electron chi connectivity index (χ1n) is 8.03. The second-order valence-electron chi connectivity index (χ2n) is 5.77. The maximum atomic E-state index is 10.1. The van der Waals surface area contributed by atoms with E-state index in [-0.39, 0.29) is 6.61 Å². The summed E-state index contributed by atoms with van der Waals surface area (Å²) in [6.07, 6.45) is -2.91. The number of benzene rings is 2. The van der Waals surface area contributed by atoms with Crippen molar-refractivity contribution >= 4 is 0 Å². The SMILES string of the molecule is OC[C@H]1OC(O)[C@H](OCc2ccccc2)[C@H]1OCc1ccccc1. The number of rotatable bonds is 7. The van der Waals surface area contributed by atoms with E-state index in [1.807, 2.05) is 60.7 Å². The van der Waals surface area contributed by atoms with Gasteiger partial charge in [-0.25, -0.2) is 0 Å². The van der Waals surface area contributed by atoms with E-state index in [1.54, 1.807) is 0 Å². The predicted octanol–water partition coefficient (Wildman–Crippen LogP) is 1.87. The third-order valence-corrected chi connectivity index (χ3v) is 4.04. The van der Waals surface area contributed by atoms with Crippen LogP contribution >= 0.6 is 0 Å². The summed E-state index contributed by atoms with van der Waals surface area (Å²) in [5, 5.41) is 19.6. The van der Waals surface area contributed by atoms with Gasteiger partial charge < -0.3 is 24.4 Å². The van der Waals surface area contributed by atoms with E-state index in [0.29, 0.717) is 13.2 Å². The fraction of sp³-hybridized carbons (Fsp3) is 0.368. The minimum Gasteiger partial charge on any atom is -0.394 e. The summed E-state index contributed by atoms with van der Waals surface area (Å²) >= 11 is 0. The summed E-state index contributed by atoms with van der Waals surface area (Å²) in [6.45, 7) is 0.472. The molecule has 2 aromatic carbocycles. The molecule has 24 heavy (non-hydrogen) atoms. The van der Waals surface area contributed by atoms with Crippen molar-refractivity contribution in [2.24, 2.45) is 0 Å². The van der Waals surface area contributed by atoms with E-state index < -0.39 is 24.6 Å². The molecule has 1 aliphatic heterocycles. The Bertz CT molecular complexity index is 604. The van der Waals surface area contributed by atoms with Crippen LogP contribution in [0, 0.1) is 0 Å². The normalized spacial score (nSPS) is 26.6. The molecule has 0 radical (unpaired) electrons. The maximum Gasteiger partial charge on any atom is 0.184 e. The van der Waals surface area contributed by atoms with Crippen molar-refractivity contribution in [2.45, 2.75) is 37.8 Å². The first-order chi connectivity index (χ1) is 11.8. The summed E-state index contributed by atoms with van der Waals surface area (Å²) in [5.74, 6) is 0. The third-order valence-electron chi connectivity index (χ3n) is 4.04. The van der Waals surface area contributed by atoms with Crippen molar-refractivity contribution < 1.29 is 24.4 Å². The second-order valence-corrected chi connectivity index (χ2v) is 5.77. The molecule has 2 aromatic rings. The summed E-state index contributed by atoms with van der Waals surface area (Å²) in [5.41, 5.74) is 2.01. The molecule has 1 aliphatic rings. The van der Waals surface area contributed by atoms with Crippen LogP contribution in [0.3, 0.4) is 0 Å². The molecule has 128 valence electrons. The Morgan fingerprint density at radius 1 is 0.792 bits per heavy atom. The molecule has 4 atom stereocenters. The van der Waals surface area contributed by atoms with Crippen molar-refractivity contribution in [1.82, 2.24) is 0 Å². The smallest absolute Gasteiger partial charge is 0.184 e. The Labute approximate surface area is 141 Å². The Morgan fingerprint density at radius 2 is 1.29 bits per heavy atom. The summed E-state index contributed by atoms with van der Waals surface area (Å²) in [7, 11) is 0. The fourth-order valence-corrected chi connectivity index (χ4v) is 2.77. The van der Waals surface area contributed by atoms with E-state index in [0.717, 1.165) is 11.1 Å². The van der Waals surface area contributed by atoms with Gasteiger partial charge in [0, 0.05) is 0 Å². The zero-order chi connectivity index (χ0) is 16.8. The molecule has 5 heteroatoms. The highest BCUT2D eigenvalue weighted by Gasteiger charge is 2.45. The fourth-order valence-electron chi connectivity index (χ4n) is 2.77. The van der Waals surface area contributed by atoms with Crippen LogP contribution in [0.1, 0.15) is 11.1 Å². The van der Waals surface area contributed by atoms with Crippen LogP contribution < -0.4 is 0 Å². The van der Waals surface area contributed by atoms with E-state index in [1.165, 1.54) is 0 Å². The number of aliphatic hydroxyl groups is 2. The molecule has 1 heterocycles. The first-order valence-corrected chi connectivity index (χ1v) is 8.03. The van der Waals surface area contributed by atoms with Gasteiger partial charge >= 0.3 is 0 Å². The monoisotopic (exact) mass is 330 g/mol. The molecule has 0 saturated carbocycles. The van der Waals surface area contributed by atoms with Crippen molar-refractivity contribution in [2.75, 3.05) is 6.61 Å². The molecule has 0 amide bonds. The first kappa shape index (κ1) is 17.1. The zero-order valence-electron chi connectivity index (χ0n) is 13.3. The molecule has 2 N–H and O–H groups in total. The van der Waals surface area contributed by atoms with Crippen LogP contribution in [-0.2, 0) is 27.4 Å². The van der Waals surface area contributed by atoms with Gasteiger partial charge in [0.25, 0.3) is 0 Å². The van der Waals surface area contributed by atoms with Gasteiger partial charge in [0.15, 0.2) is 6.29 Å². The second kappa shape index (κ2) is 8.37. The molecule has 0 aromatic heterocycles. The predicted molar refractivity (Wildman–Crippen MR) is 88.0 cm³/mol. The molecule has 0 bridgehead atoms. The van der Waals surface area contributed by atoms with Crippen molar-refractivity contribution in [3.63, 3.8) is 0 Å². The van der Waals surface area contributed by atoms with Gasteiger partial charge in [0.2, 0.25) is 0 Å². The number of hydrogen-bond acceptors (Lipinski definition) is 5. The number of aliphatic hydroxyl groups excluding tert-OH is 2. The molecule has 1 fully saturated rings. The van der Waals surface area contributed by atoms with Crippen LogP contribution in [0.25, 0.3) is 0 Å². The van der Waals surface area contributed by atoms with Crippen LogP contribution in [0.4, 0.5) is 0 Å².